The molecule has 15 heteroatoms. The van der Waals surface area contributed by atoms with Crippen LogP contribution in [0.3, 0.4) is 0 Å². The van der Waals surface area contributed by atoms with Crippen molar-refractivity contribution in [2.45, 2.75) is 112 Å². The Morgan fingerprint density at radius 1 is 1.00 bits per heavy atom. The van der Waals surface area contributed by atoms with Gasteiger partial charge in [0, 0.05) is 79.6 Å². The molecule has 2 aromatic carbocycles. The van der Waals surface area contributed by atoms with E-state index in [0.29, 0.717) is 11.4 Å². The summed E-state index contributed by atoms with van der Waals surface area (Å²) in [6.07, 6.45) is 10.6. The van der Waals surface area contributed by atoms with Gasteiger partial charge in [0.1, 0.15) is 29.5 Å². The molecule has 328 valence electrons. The van der Waals surface area contributed by atoms with Gasteiger partial charge in [-0.1, -0.05) is 45.9 Å². The summed E-state index contributed by atoms with van der Waals surface area (Å²) in [5.74, 6) is -6.91. The maximum absolute atomic E-state index is 14.7. The van der Waals surface area contributed by atoms with Crippen molar-refractivity contribution in [2.75, 3.05) is 22.6 Å². The number of aliphatic imine (C=N–C) groups is 1. The molecule has 15 nitrogen and oxygen atoms in total. The molecule has 61 heavy (non-hydrogen) atoms. The SMILES string of the molecule is CO[C@H]1/C=C/O[C@@]2(C)Oc3c(C)c(O)c4c(O)c(c5c(c4c3C2=O)NC2C=C(/C=N/C(C)C)C=CN52)NC(=O)/C(C)=C\C=C\[C@H](C)[C@H](O)[C@@H](C)[C@@H](O)[C@@H](C)[C@H](OC(C)=O)[C@@H]1C. The molecule has 0 saturated carbocycles. The van der Waals surface area contributed by atoms with Crippen LogP contribution in [-0.4, -0.2) is 93.8 Å². The number of nitrogens with zero attached hydrogens (tertiary/aromatic N) is 2. The van der Waals surface area contributed by atoms with Crippen LogP contribution in [0.2, 0.25) is 0 Å². The molecule has 4 aliphatic heterocycles. The van der Waals surface area contributed by atoms with Crippen molar-refractivity contribution >= 4 is 51.7 Å². The van der Waals surface area contributed by atoms with Crippen LogP contribution in [0, 0.1) is 30.6 Å². The molecule has 1 unspecified atom stereocenters. The summed E-state index contributed by atoms with van der Waals surface area (Å²) >= 11 is 0. The summed E-state index contributed by atoms with van der Waals surface area (Å²) in [7, 11) is 1.46. The Bertz CT molecular complexity index is 2290. The normalized spacial score (nSPS) is 32.4. The van der Waals surface area contributed by atoms with E-state index >= 15 is 0 Å². The molecule has 4 heterocycles. The van der Waals surface area contributed by atoms with E-state index in [1.807, 2.05) is 26.0 Å². The number of aromatic hydroxyl groups is 2. The second-order valence-corrected chi connectivity index (χ2v) is 16.9. The van der Waals surface area contributed by atoms with Crippen LogP contribution in [-0.2, 0) is 23.8 Å². The van der Waals surface area contributed by atoms with Crippen LogP contribution in [0.15, 0.2) is 65.1 Å². The first-order valence-electron chi connectivity index (χ1n) is 20.6. The van der Waals surface area contributed by atoms with Crippen LogP contribution in [0.25, 0.3) is 10.8 Å². The molecule has 0 aromatic heterocycles. The van der Waals surface area contributed by atoms with Crippen molar-refractivity contribution in [3.63, 3.8) is 0 Å². The van der Waals surface area contributed by atoms with Gasteiger partial charge >= 0.3 is 11.8 Å². The van der Waals surface area contributed by atoms with Crippen LogP contribution < -0.4 is 20.3 Å². The highest BCUT2D eigenvalue weighted by atomic mass is 16.7. The number of carbonyl (C=O) groups is 3. The Kier molecular flexibility index (Phi) is 12.8. The number of rotatable bonds is 4. The van der Waals surface area contributed by atoms with E-state index in [9.17, 15) is 34.8 Å². The van der Waals surface area contributed by atoms with Gasteiger partial charge in [-0.2, -0.15) is 0 Å². The van der Waals surface area contributed by atoms with Gasteiger partial charge in [-0.25, -0.2) is 0 Å². The largest absolute Gasteiger partial charge is 0.507 e. The minimum atomic E-state index is -1.96. The summed E-state index contributed by atoms with van der Waals surface area (Å²) < 4.78 is 24.0. The molecular weight excluding hydrogens is 785 g/mol. The van der Waals surface area contributed by atoms with Crippen LogP contribution >= 0.6 is 0 Å². The van der Waals surface area contributed by atoms with Gasteiger partial charge in [0.2, 0.25) is 0 Å². The zero-order valence-corrected chi connectivity index (χ0v) is 36.5. The lowest BCUT2D eigenvalue weighted by Crippen LogP contribution is -2.46. The molecule has 4 bridgehead atoms. The smallest absolute Gasteiger partial charge is 0.312 e. The number of fused-ring (bicyclic) bond motifs is 2. The lowest BCUT2D eigenvalue weighted by molar-refractivity contribution is -0.160. The second kappa shape index (κ2) is 17.4. The van der Waals surface area contributed by atoms with Crippen molar-refractivity contribution in [2.24, 2.45) is 28.7 Å². The number of phenols is 2. The summed E-state index contributed by atoms with van der Waals surface area (Å²) in [4.78, 5) is 47.4. The van der Waals surface area contributed by atoms with Crippen molar-refractivity contribution in [3.05, 3.63) is 71.2 Å². The number of ether oxygens (including phenoxy) is 4. The molecule has 0 radical (unpaired) electrons. The number of hydrogen-bond acceptors (Lipinski definition) is 14. The van der Waals surface area contributed by atoms with Crippen molar-refractivity contribution in [1.82, 2.24) is 0 Å². The van der Waals surface area contributed by atoms with Gasteiger partial charge in [-0.15, -0.1) is 0 Å². The van der Waals surface area contributed by atoms with Crippen molar-refractivity contribution in [3.8, 4) is 17.2 Å². The van der Waals surface area contributed by atoms with Crippen molar-refractivity contribution in [1.29, 1.82) is 0 Å². The lowest BCUT2D eigenvalue weighted by atomic mass is 9.78. The van der Waals surface area contributed by atoms with Crippen LogP contribution in [0.1, 0.15) is 78.2 Å². The van der Waals surface area contributed by atoms with Gasteiger partial charge in [0.05, 0.1) is 46.9 Å². The minimum absolute atomic E-state index is 0.0125. The van der Waals surface area contributed by atoms with E-state index < -0.39 is 83.4 Å². The molecule has 4 aliphatic rings. The van der Waals surface area contributed by atoms with Crippen molar-refractivity contribution < 1.29 is 53.8 Å². The van der Waals surface area contributed by atoms with E-state index in [-0.39, 0.29) is 50.7 Å². The van der Waals surface area contributed by atoms with Gasteiger partial charge in [-0.05, 0) is 51.5 Å². The van der Waals surface area contributed by atoms with E-state index in [1.54, 1.807) is 83.2 Å². The van der Waals surface area contributed by atoms with E-state index in [0.717, 1.165) is 5.57 Å². The lowest BCUT2D eigenvalue weighted by Gasteiger charge is -2.38. The number of hydrogen-bond donors (Lipinski definition) is 6. The Morgan fingerprint density at radius 2 is 1.70 bits per heavy atom. The topological polar surface area (TPSA) is 209 Å². The third kappa shape index (κ3) is 8.26. The molecule has 0 spiro atoms. The number of esters is 1. The number of phenolic OH excluding ortho intramolecular Hbond substituents is 2. The maximum atomic E-state index is 14.7. The van der Waals surface area contributed by atoms with Crippen LogP contribution in [0.5, 0.6) is 17.2 Å². The predicted molar refractivity (Wildman–Crippen MR) is 233 cm³/mol. The van der Waals surface area contributed by atoms with E-state index in [4.69, 9.17) is 18.9 Å². The monoisotopic (exact) mass is 842 g/mol. The number of nitrogens with one attached hydrogen (secondary N) is 2. The number of ketones is 1. The predicted octanol–water partition coefficient (Wildman–Crippen LogP) is 6.54. The third-order valence-corrected chi connectivity index (χ3v) is 12.1. The Morgan fingerprint density at radius 3 is 2.36 bits per heavy atom. The minimum Gasteiger partial charge on any atom is -0.507 e. The number of methoxy groups -OCH3 is 1. The van der Waals surface area contributed by atoms with Gasteiger partial charge in [0.15, 0.2) is 5.75 Å². The summed E-state index contributed by atoms with van der Waals surface area (Å²) in [6.45, 7) is 16.8. The number of amides is 1. The van der Waals surface area contributed by atoms with Gasteiger partial charge < -0.3 is 54.9 Å². The average Bonchev–Trinajstić information content (AvgIpc) is 3.72. The maximum Gasteiger partial charge on any atom is 0.312 e. The summed E-state index contributed by atoms with van der Waals surface area (Å²) in [6, 6.07) is 0.0530. The quantitative estimate of drug-likeness (QED) is 0.0838. The van der Waals surface area contributed by atoms with E-state index in [1.165, 1.54) is 27.2 Å². The zero-order chi connectivity index (χ0) is 44.8. The summed E-state index contributed by atoms with van der Waals surface area (Å²) in [5, 5.41) is 53.3. The number of anilines is 3. The Hall–Kier alpha value is -5.64. The Balaban J connectivity index is 1.54. The number of aliphatic hydroxyl groups is 2. The first-order chi connectivity index (χ1) is 28.7. The molecule has 1 amide bonds. The standard InChI is InChI=1S/C46H58N4O11/c1-21(2)47-20-29-15-17-50-31(19-29)48-35-32-33-40(54)27(8)43-34(32)44(56)46(10,61-43)59-18-16-30(58-11)24(5)42(60-28(9)51)26(7)39(53)25(6)38(52)22(3)13-12-14-23(4)45(57)49-36(37(35)50)41(33)55/h12-22,24-26,30-31,38-39,42,48,52-55H,1-11H3,(H,49,57)/b13-12+,18-16+,23-14-,47-20+/t22-,24+,25+,26+,30-,31?,38-,39+,42+,46-/m0/s1. The fraction of sp³-hybridized carbons (Fsp3) is 0.478. The van der Waals surface area contributed by atoms with Gasteiger partial charge in [0.25, 0.3) is 11.7 Å². The molecule has 6 N–H and O–H groups in total. The average molecular weight is 843 g/mol. The van der Waals surface area contributed by atoms with E-state index in [2.05, 4.69) is 15.6 Å². The number of carbonyl (C=O) groups excluding carboxylic acids is 3. The number of benzene rings is 2. The number of allylic oxidation sites excluding steroid dienone is 4. The second-order valence-electron chi connectivity index (χ2n) is 16.9. The number of aliphatic hydroxyl groups excluding tert-OH is 2. The Labute approximate surface area is 356 Å². The van der Waals surface area contributed by atoms with Crippen LogP contribution in [0.4, 0.5) is 17.1 Å². The molecule has 10 atom stereocenters. The van der Waals surface area contributed by atoms with Gasteiger partial charge in [-0.3, -0.25) is 19.4 Å². The number of Topliss-reactive ketones (excluding diaryl/α,β-unsaturated/α-hetero) is 1. The highest BCUT2D eigenvalue weighted by Gasteiger charge is 2.51. The summed E-state index contributed by atoms with van der Waals surface area (Å²) in [5.41, 5.74) is 1.90. The first-order valence-corrected chi connectivity index (χ1v) is 20.6. The molecular formula is C46H58N4O11. The highest BCUT2D eigenvalue weighted by Crippen LogP contribution is 2.59. The third-order valence-electron chi connectivity index (χ3n) is 12.1. The molecule has 2 aromatic rings. The first kappa shape index (κ1) is 44.9. The highest BCUT2D eigenvalue weighted by molar-refractivity contribution is 6.27. The fourth-order valence-corrected chi connectivity index (χ4v) is 8.50. The molecule has 0 aliphatic carbocycles. The fourth-order valence-electron chi connectivity index (χ4n) is 8.50. The molecule has 6 rings (SSSR count). The molecule has 0 fully saturated rings. The zero-order valence-electron chi connectivity index (χ0n) is 36.5. The molecule has 0 saturated heterocycles.